The van der Waals surface area contributed by atoms with Crippen LogP contribution in [0.1, 0.15) is 58.9 Å². The van der Waals surface area contributed by atoms with Crippen LogP contribution < -0.4 is 9.64 Å². The summed E-state index contributed by atoms with van der Waals surface area (Å²) in [4.78, 5) is 19.1. The number of rotatable bonds is 8. The van der Waals surface area contributed by atoms with Gasteiger partial charge >= 0.3 is 5.97 Å². The Hall–Kier alpha value is -2.62. The van der Waals surface area contributed by atoms with Crippen LogP contribution >= 0.6 is 15.9 Å². The summed E-state index contributed by atoms with van der Waals surface area (Å²) in [6, 6.07) is 6.49. The van der Waals surface area contributed by atoms with E-state index >= 15 is 0 Å². The number of carbonyl (C=O) groups is 1. The summed E-state index contributed by atoms with van der Waals surface area (Å²) in [6.07, 6.45) is 2.73. The van der Waals surface area contributed by atoms with Gasteiger partial charge in [0, 0.05) is 48.0 Å². The Balaban J connectivity index is 1.75. The second kappa shape index (κ2) is 11.3. The fourth-order valence-electron chi connectivity index (χ4n) is 6.03. The van der Waals surface area contributed by atoms with Gasteiger partial charge in [-0.3, -0.25) is 9.78 Å². The lowest BCUT2D eigenvalue weighted by atomic mass is 9.84. The Bertz CT molecular complexity index is 1410. The molecule has 0 bridgehead atoms. The van der Waals surface area contributed by atoms with Crippen LogP contribution in [0.25, 0.3) is 22.2 Å². The van der Waals surface area contributed by atoms with Crippen molar-refractivity contribution in [2.24, 2.45) is 5.41 Å². The molecule has 9 heteroatoms. The lowest BCUT2D eigenvalue weighted by Gasteiger charge is -2.37. The summed E-state index contributed by atoms with van der Waals surface area (Å²) in [6.45, 7) is 15.3. The average Bonchev–Trinajstić information content (AvgIpc) is 3.19. The molecule has 2 aliphatic rings. The molecule has 40 heavy (non-hydrogen) atoms. The van der Waals surface area contributed by atoms with Gasteiger partial charge in [-0.1, -0.05) is 29.8 Å². The number of benzene rings is 1. The van der Waals surface area contributed by atoms with Crippen LogP contribution in [0.5, 0.6) is 5.75 Å². The number of carbonyl (C=O) groups excluding carboxylic acids is 1. The Kier molecular flexibility index (Phi) is 8.19. The molecule has 0 aliphatic carbocycles. The number of methoxy groups -OCH3 is 1. The average molecular weight is 615 g/mol. The second-order valence-electron chi connectivity index (χ2n) is 11.9. The third-order valence-corrected chi connectivity index (χ3v) is 8.22. The van der Waals surface area contributed by atoms with Gasteiger partial charge in [0.25, 0.3) is 0 Å². The molecule has 0 amide bonds. The molecule has 3 atom stereocenters. The number of anilines is 1. The molecule has 0 radical (unpaired) electrons. The number of nitrogens with zero attached hydrogens (tertiary/aromatic N) is 3. The highest BCUT2D eigenvalue weighted by atomic mass is 79.9. The SMILES string of the molecule is CO[C@@H](C)c1ncc(N2C[C@H](C)O[C@@H](C)C2)cc1-c1c(CC(C)(C)COC(C)=O)c2cc(Br)cc3c2n1CCO3. The van der Waals surface area contributed by atoms with Crippen LogP contribution in [0.15, 0.2) is 28.9 Å². The van der Waals surface area contributed by atoms with Crippen LogP contribution in [0, 0.1) is 5.41 Å². The first-order valence-corrected chi connectivity index (χ1v) is 14.8. The van der Waals surface area contributed by atoms with E-state index in [4.69, 9.17) is 23.9 Å². The Morgan fingerprint density at radius 3 is 2.62 bits per heavy atom. The molecule has 2 aromatic heterocycles. The monoisotopic (exact) mass is 613 g/mol. The van der Waals surface area contributed by atoms with Crippen molar-refractivity contribution in [1.82, 2.24) is 9.55 Å². The number of pyridine rings is 1. The molecule has 0 saturated carbocycles. The minimum Gasteiger partial charge on any atom is -0.489 e. The highest BCUT2D eigenvalue weighted by Crippen LogP contribution is 2.46. The number of esters is 1. The lowest BCUT2D eigenvalue weighted by Crippen LogP contribution is -2.45. The van der Waals surface area contributed by atoms with Crippen LogP contribution in [-0.4, -0.2) is 61.1 Å². The fraction of sp³-hybridized carbons (Fsp3) is 0.548. The van der Waals surface area contributed by atoms with E-state index in [1.54, 1.807) is 7.11 Å². The zero-order chi connectivity index (χ0) is 28.8. The van der Waals surface area contributed by atoms with Crippen molar-refractivity contribution in [2.75, 3.05) is 38.3 Å². The molecule has 8 nitrogen and oxygen atoms in total. The molecule has 5 rings (SSSR count). The van der Waals surface area contributed by atoms with E-state index in [2.05, 4.69) is 65.2 Å². The first-order chi connectivity index (χ1) is 19.0. The summed E-state index contributed by atoms with van der Waals surface area (Å²) in [5, 5.41) is 1.13. The van der Waals surface area contributed by atoms with E-state index in [9.17, 15) is 4.79 Å². The summed E-state index contributed by atoms with van der Waals surface area (Å²) < 4.78 is 26.8. The van der Waals surface area contributed by atoms with Crippen molar-refractivity contribution in [3.8, 4) is 17.0 Å². The maximum atomic E-state index is 11.7. The number of ether oxygens (including phenoxy) is 4. The van der Waals surface area contributed by atoms with Gasteiger partial charge in [-0.2, -0.15) is 0 Å². The first-order valence-electron chi connectivity index (χ1n) is 14.0. The maximum absolute atomic E-state index is 11.7. The molecular formula is C31H40BrN3O5. The van der Waals surface area contributed by atoms with Crippen molar-refractivity contribution < 1.29 is 23.7 Å². The zero-order valence-corrected chi connectivity index (χ0v) is 26.1. The molecule has 1 fully saturated rings. The molecule has 1 saturated heterocycles. The van der Waals surface area contributed by atoms with Gasteiger partial charge in [0.15, 0.2) is 0 Å². The number of halogens is 1. The number of aromatic nitrogens is 2. The number of hydrogen-bond donors (Lipinski definition) is 0. The summed E-state index contributed by atoms with van der Waals surface area (Å²) in [5.41, 5.74) is 6.11. The second-order valence-corrected chi connectivity index (χ2v) is 12.8. The molecule has 0 unspecified atom stereocenters. The molecule has 0 N–H and O–H groups in total. The van der Waals surface area contributed by atoms with Crippen LogP contribution in [0.3, 0.4) is 0 Å². The minimum atomic E-state index is -0.302. The predicted octanol–water partition coefficient (Wildman–Crippen LogP) is 6.31. The van der Waals surface area contributed by atoms with Gasteiger partial charge in [-0.05, 0) is 51.0 Å². The molecular weight excluding hydrogens is 574 g/mol. The standard InChI is InChI=1S/C31H40BrN3O5/c1-18-15-34(16-19(2)40-18)23-12-25(28(33-14-23)20(3)37-7)29-26(13-31(5,6)17-39-21(4)36)24-10-22(32)11-27-30(24)35(29)8-9-38-27/h10-12,14,18-20H,8-9,13,15-17H2,1-7H3/t18-,19-,20-/m0/s1. The zero-order valence-electron chi connectivity index (χ0n) is 24.5. The van der Waals surface area contributed by atoms with E-state index in [1.807, 2.05) is 19.2 Å². The highest BCUT2D eigenvalue weighted by molar-refractivity contribution is 9.10. The smallest absolute Gasteiger partial charge is 0.302 e. The van der Waals surface area contributed by atoms with Crippen molar-refractivity contribution in [3.05, 3.63) is 40.1 Å². The van der Waals surface area contributed by atoms with E-state index in [0.717, 1.165) is 63.4 Å². The first kappa shape index (κ1) is 28.9. The quantitative estimate of drug-likeness (QED) is 0.275. The third-order valence-electron chi connectivity index (χ3n) is 7.77. The van der Waals surface area contributed by atoms with Gasteiger partial charge in [0.2, 0.25) is 0 Å². The number of hydrogen-bond acceptors (Lipinski definition) is 7. The summed E-state index contributed by atoms with van der Waals surface area (Å²) in [7, 11) is 1.72. The third kappa shape index (κ3) is 5.74. The molecule has 1 aromatic carbocycles. The molecule has 0 spiro atoms. The molecule has 3 aromatic rings. The Morgan fingerprint density at radius 2 is 1.95 bits per heavy atom. The fourth-order valence-corrected chi connectivity index (χ4v) is 6.47. The summed E-state index contributed by atoms with van der Waals surface area (Å²) in [5.74, 6) is 0.594. The van der Waals surface area contributed by atoms with Crippen LogP contribution in [-0.2, 0) is 32.0 Å². The Labute approximate surface area is 245 Å². The molecule has 216 valence electrons. The van der Waals surface area contributed by atoms with E-state index in [1.165, 1.54) is 12.5 Å². The van der Waals surface area contributed by atoms with E-state index in [0.29, 0.717) is 19.6 Å². The van der Waals surface area contributed by atoms with Gasteiger partial charge < -0.3 is 28.4 Å². The van der Waals surface area contributed by atoms with Crippen molar-refractivity contribution in [1.29, 1.82) is 0 Å². The largest absolute Gasteiger partial charge is 0.489 e. The van der Waals surface area contributed by atoms with Gasteiger partial charge in [-0.25, -0.2) is 0 Å². The van der Waals surface area contributed by atoms with Crippen LogP contribution in [0.4, 0.5) is 5.69 Å². The summed E-state index contributed by atoms with van der Waals surface area (Å²) >= 11 is 3.72. The Morgan fingerprint density at radius 1 is 1.23 bits per heavy atom. The van der Waals surface area contributed by atoms with Gasteiger partial charge in [0.1, 0.15) is 12.4 Å². The topological polar surface area (TPSA) is 75.1 Å². The molecule has 2 aliphatic heterocycles. The van der Waals surface area contributed by atoms with Gasteiger partial charge in [0.05, 0.1) is 60.3 Å². The van der Waals surface area contributed by atoms with Crippen molar-refractivity contribution in [3.63, 3.8) is 0 Å². The predicted molar refractivity (Wildman–Crippen MR) is 160 cm³/mol. The highest BCUT2D eigenvalue weighted by Gasteiger charge is 2.32. The van der Waals surface area contributed by atoms with Crippen LogP contribution in [0.2, 0.25) is 0 Å². The maximum Gasteiger partial charge on any atom is 0.302 e. The van der Waals surface area contributed by atoms with Crippen molar-refractivity contribution in [2.45, 2.75) is 72.8 Å². The van der Waals surface area contributed by atoms with E-state index < -0.39 is 0 Å². The number of morpholine rings is 1. The van der Waals surface area contributed by atoms with Gasteiger partial charge in [-0.15, -0.1) is 0 Å². The normalized spacial score (nSPS) is 19.9. The lowest BCUT2D eigenvalue weighted by molar-refractivity contribution is -0.143. The molecule has 4 heterocycles. The van der Waals surface area contributed by atoms with E-state index in [-0.39, 0.29) is 29.7 Å². The minimum absolute atomic E-state index is 0.136. The van der Waals surface area contributed by atoms with Crippen molar-refractivity contribution >= 4 is 38.5 Å².